The van der Waals surface area contributed by atoms with Crippen LogP contribution in [-0.2, 0) is 0 Å². The Labute approximate surface area is 140 Å². The van der Waals surface area contributed by atoms with Crippen molar-refractivity contribution in [3.63, 3.8) is 0 Å². The molecule has 0 aliphatic heterocycles. The second-order valence-corrected chi connectivity index (χ2v) is 6.29. The summed E-state index contributed by atoms with van der Waals surface area (Å²) in [6, 6.07) is 18.6. The topological polar surface area (TPSA) is 36.7 Å². The molecule has 0 amide bonds. The van der Waals surface area contributed by atoms with E-state index in [0.29, 0.717) is 5.57 Å². The zero-order valence-electron chi connectivity index (χ0n) is 13.1. The highest BCUT2D eigenvalue weighted by Gasteiger charge is 2.09. The summed E-state index contributed by atoms with van der Waals surface area (Å²) in [6.07, 6.45) is 1.91. The predicted molar refractivity (Wildman–Crippen MR) is 97.0 cm³/mol. The van der Waals surface area contributed by atoms with Gasteiger partial charge in [-0.1, -0.05) is 54.1 Å². The monoisotopic (exact) mass is 316 g/mol. The van der Waals surface area contributed by atoms with E-state index in [9.17, 15) is 5.26 Å². The number of thiazole rings is 1. The Kier molecular flexibility index (Phi) is 4.36. The van der Waals surface area contributed by atoms with E-state index in [1.165, 1.54) is 16.9 Å². The highest BCUT2D eigenvalue weighted by Crippen LogP contribution is 2.27. The Bertz CT molecular complexity index is 896. The lowest BCUT2D eigenvalue weighted by atomic mass is 10.1. The molecular weight excluding hydrogens is 300 g/mol. The number of nitriles is 1. The Morgan fingerprint density at radius 1 is 1.09 bits per heavy atom. The van der Waals surface area contributed by atoms with Gasteiger partial charge in [-0.3, -0.25) is 0 Å². The third-order valence-electron chi connectivity index (χ3n) is 3.69. The molecule has 1 aromatic heterocycles. The lowest BCUT2D eigenvalue weighted by Crippen LogP contribution is -1.85. The van der Waals surface area contributed by atoms with Crippen LogP contribution in [-0.4, -0.2) is 4.98 Å². The van der Waals surface area contributed by atoms with Crippen LogP contribution in [0.15, 0.2) is 53.9 Å². The molecule has 23 heavy (non-hydrogen) atoms. The lowest BCUT2D eigenvalue weighted by Gasteiger charge is -2.00. The molecule has 0 unspecified atom stereocenters. The molecule has 0 atom stereocenters. The van der Waals surface area contributed by atoms with Gasteiger partial charge in [0.2, 0.25) is 0 Å². The van der Waals surface area contributed by atoms with Gasteiger partial charge in [0, 0.05) is 10.9 Å². The van der Waals surface area contributed by atoms with Gasteiger partial charge < -0.3 is 0 Å². The van der Waals surface area contributed by atoms with Gasteiger partial charge in [0.25, 0.3) is 0 Å². The van der Waals surface area contributed by atoms with E-state index < -0.39 is 0 Å². The molecule has 0 N–H and O–H groups in total. The number of hydrogen-bond donors (Lipinski definition) is 0. The highest BCUT2D eigenvalue weighted by atomic mass is 32.1. The summed E-state index contributed by atoms with van der Waals surface area (Å²) < 4.78 is 0. The van der Waals surface area contributed by atoms with Gasteiger partial charge in [-0.15, -0.1) is 11.3 Å². The van der Waals surface area contributed by atoms with E-state index in [4.69, 9.17) is 0 Å². The third-order valence-corrected chi connectivity index (χ3v) is 4.57. The van der Waals surface area contributed by atoms with Gasteiger partial charge in [0.05, 0.1) is 11.3 Å². The SMILES string of the molecule is Cc1ccc(-c2csc(/C(C#N)=C\c3ccccc3C)n2)cc1. The normalized spacial score (nSPS) is 11.3. The van der Waals surface area contributed by atoms with Crippen molar-refractivity contribution in [2.75, 3.05) is 0 Å². The molecule has 2 aromatic carbocycles. The van der Waals surface area contributed by atoms with Gasteiger partial charge in [-0.2, -0.15) is 5.26 Å². The summed E-state index contributed by atoms with van der Waals surface area (Å²) in [5.74, 6) is 0. The molecule has 0 bridgehead atoms. The first kappa shape index (κ1) is 15.2. The first-order valence-corrected chi connectivity index (χ1v) is 8.26. The van der Waals surface area contributed by atoms with Crippen LogP contribution in [0.4, 0.5) is 0 Å². The molecule has 0 fully saturated rings. The second kappa shape index (κ2) is 6.60. The summed E-state index contributed by atoms with van der Waals surface area (Å²) in [5, 5.41) is 12.3. The molecule has 112 valence electrons. The Balaban J connectivity index is 1.96. The molecule has 0 aliphatic carbocycles. The zero-order valence-corrected chi connectivity index (χ0v) is 13.9. The summed E-state index contributed by atoms with van der Waals surface area (Å²) in [5.41, 5.74) is 6.01. The maximum atomic E-state index is 9.50. The van der Waals surface area contributed by atoms with E-state index >= 15 is 0 Å². The maximum absolute atomic E-state index is 9.50. The van der Waals surface area contributed by atoms with E-state index in [1.54, 1.807) is 0 Å². The minimum absolute atomic E-state index is 0.600. The highest BCUT2D eigenvalue weighted by molar-refractivity contribution is 7.11. The molecule has 0 aliphatic rings. The molecule has 0 saturated heterocycles. The van der Waals surface area contributed by atoms with E-state index in [2.05, 4.69) is 42.2 Å². The van der Waals surface area contributed by atoms with Gasteiger partial charge in [-0.25, -0.2) is 4.98 Å². The van der Waals surface area contributed by atoms with Gasteiger partial charge in [0.15, 0.2) is 0 Å². The van der Waals surface area contributed by atoms with Crippen molar-refractivity contribution in [3.05, 3.63) is 75.6 Å². The van der Waals surface area contributed by atoms with Crippen LogP contribution in [0.1, 0.15) is 21.7 Å². The average molecular weight is 316 g/mol. The van der Waals surface area contributed by atoms with Gasteiger partial charge in [-0.05, 0) is 31.1 Å². The average Bonchev–Trinajstić information content (AvgIpc) is 3.04. The summed E-state index contributed by atoms with van der Waals surface area (Å²) >= 11 is 1.50. The summed E-state index contributed by atoms with van der Waals surface area (Å²) in [7, 11) is 0. The maximum Gasteiger partial charge on any atom is 0.134 e. The number of hydrogen-bond acceptors (Lipinski definition) is 3. The largest absolute Gasteiger partial charge is 0.235 e. The number of aromatic nitrogens is 1. The van der Waals surface area contributed by atoms with Crippen LogP contribution >= 0.6 is 11.3 Å². The standard InChI is InChI=1S/C20H16N2S/c1-14-7-9-16(10-8-14)19-13-23-20(22-19)18(12-21)11-17-6-4-3-5-15(17)2/h3-11,13H,1-2H3/b18-11-. The van der Waals surface area contributed by atoms with Crippen LogP contribution < -0.4 is 0 Å². The molecule has 3 heteroatoms. The van der Waals surface area contributed by atoms with Gasteiger partial charge >= 0.3 is 0 Å². The molecule has 0 saturated carbocycles. The molecule has 0 radical (unpaired) electrons. The molecular formula is C20H16N2S. The molecule has 0 spiro atoms. The Morgan fingerprint density at radius 2 is 1.83 bits per heavy atom. The second-order valence-electron chi connectivity index (χ2n) is 5.43. The quantitative estimate of drug-likeness (QED) is 0.599. The first-order chi connectivity index (χ1) is 11.2. The van der Waals surface area contributed by atoms with E-state index in [-0.39, 0.29) is 0 Å². The molecule has 1 heterocycles. The zero-order chi connectivity index (χ0) is 16.2. The van der Waals surface area contributed by atoms with Crippen LogP contribution in [0, 0.1) is 25.2 Å². The summed E-state index contributed by atoms with van der Waals surface area (Å²) in [6.45, 7) is 4.11. The van der Waals surface area contributed by atoms with E-state index in [1.807, 2.05) is 42.6 Å². The minimum atomic E-state index is 0.600. The molecule has 3 rings (SSSR count). The first-order valence-electron chi connectivity index (χ1n) is 7.38. The minimum Gasteiger partial charge on any atom is -0.235 e. The van der Waals surface area contributed by atoms with Crippen molar-refractivity contribution in [1.82, 2.24) is 4.98 Å². The lowest BCUT2D eigenvalue weighted by molar-refractivity contribution is 1.36. The van der Waals surface area contributed by atoms with Crippen molar-refractivity contribution in [3.8, 4) is 17.3 Å². The van der Waals surface area contributed by atoms with Crippen LogP contribution in [0.25, 0.3) is 22.9 Å². The number of nitrogens with zero attached hydrogens (tertiary/aromatic N) is 2. The van der Waals surface area contributed by atoms with Crippen molar-refractivity contribution < 1.29 is 0 Å². The number of allylic oxidation sites excluding steroid dienone is 1. The Hall–Kier alpha value is -2.70. The molecule has 2 nitrogen and oxygen atoms in total. The third kappa shape index (κ3) is 3.39. The van der Waals surface area contributed by atoms with Crippen LogP contribution in [0.5, 0.6) is 0 Å². The fourth-order valence-electron chi connectivity index (χ4n) is 2.30. The number of benzene rings is 2. The Morgan fingerprint density at radius 3 is 2.52 bits per heavy atom. The number of rotatable bonds is 3. The van der Waals surface area contributed by atoms with Crippen molar-refractivity contribution in [2.24, 2.45) is 0 Å². The smallest absolute Gasteiger partial charge is 0.134 e. The van der Waals surface area contributed by atoms with Crippen molar-refractivity contribution in [2.45, 2.75) is 13.8 Å². The fourth-order valence-corrected chi connectivity index (χ4v) is 3.10. The van der Waals surface area contributed by atoms with Crippen molar-refractivity contribution in [1.29, 1.82) is 5.26 Å². The summed E-state index contributed by atoms with van der Waals surface area (Å²) in [4.78, 5) is 4.63. The number of aryl methyl sites for hydroxylation is 2. The van der Waals surface area contributed by atoms with Crippen LogP contribution in [0.3, 0.4) is 0 Å². The predicted octanol–water partition coefficient (Wildman–Crippen LogP) is 5.49. The van der Waals surface area contributed by atoms with Crippen LogP contribution in [0.2, 0.25) is 0 Å². The van der Waals surface area contributed by atoms with Crippen molar-refractivity contribution >= 4 is 23.0 Å². The van der Waals surface area contributed by atoms with E-state index in [0.717, 1.165) is 27.4 Å². The molecule has 3 aromatic rings. The fraction of sp³-hybridized carbons (Fsp3) is 0.100. The van der Waals surface area contributed by atoms with Gasteiger partial charge in [0.1, 0.15) is 11.1 Å².